The second kappa shape index (κ2) is 13.3. The SMILES string of the molecule is CCCCN=C(NCC)NCCc1cc(OC)ccc1OC.I. The van der Waals surface area contributed by atoms with E-state index in [2.05, 4.69) is 29.5 Å². The molecule has 23 heavy (non-hydrogen) atoms. The Morgan fingerprint density at radius 2 is 1.91 bits per heavy atom. The third-order valence-electron chi connectivity index (χ3n) is 3.30. The number of benzene rings is 1. The highest BCUT2D eigenvalue weighted by atomic mass is 127. The highest BCUT2D eigenvalue weighted by Gasteiger charge is 2.05. The quantitative estimate of drug-likeness (QED) is 0.271. The number of hydrogen-bond acceptors (Lipinski definition) is 3. The van der Waals surface area contributed by atoms with Crippen molar-refractivity contribution in [1.82, 2.24) is 10.6 Å². The van der Waals surface area contributed by atoms with Crippen molar-refractivity contribution in [1.29, 1.82) is 0 Å². The van der Waals surface area contributed by atoms with E-state index in [1.54, 1.807) is 14.2 Å². The van der Waals surface area contributed by atoms with E-state index in [1.807, 2.05) is 18.2 Å². The van der Waals surface area contributed by atoms with Crippen LogP contribution in [-0.4, -0.2) is 39.8 Å². The van der Waals surface area contributed by atoms with Gasteiger partial charge in [0.05, 0.1) is 14.2 Å². The zero-order valence-electron chi connectivity index (χ0n) is 14.6. The molecule has 0 saturated heterocycles. The molecule has 0 aliphatic carbocycles. The summed E-state index contributed by atoms with van der Waals surface area (Å²) in [5.41, 5.74) is 1.12. The predicted octanol–water partition coefficient (Wildman–Crippen LogP) is 3.22. The van der Waals surface area contributed by atoms with E-state index >= 15 is 0 Å². The van der Waals surface area contributed by atoms with Gasteiger partial charge in [-0.25, -0.2) is 0 Å². The molecule has 0 radical (unpaired) electrons. The minimum absolute atomic E-state index is 0. The van der Waals surface area contributed by atoms with Crippen LogP contribution in [0.1, 0.15) is 32.3 Å². The lowest BCUT2D eigenvalue weighted by Crippen LogP contribution is -2.38. The molecule has 0 unspecified atom stereocenters. The molecule has 1 aromatic carbocycles. The molecule has 132 valence electrons. The van der Waals surface area contributed by atoms with Crippen molar-refractivity contribution in [3.05, 3.63) is 23.8 Å². The van der Waals surface area contributed by atoms with Crippen molar-refractivity contribution in [3.63, 3.8) is 0 Å². The van der Waals surface area contributed by atoms with Crippen LogP contribution in [-0.2, 0) is 6.42 Å². The van der Waals surface area contributed by atoms with Gasteiger partial charge in [-0.2, -0.15) is 0 Å². The van der Waals surface area contributed by atoms with Gasteiger partial charge in [0.25, 0.3) is 0 Å². The highest BCUT2D eigenvalue weighted by molar-refractivity contribution is 14.0. The first-order valence-corrected chi connectivity index (χ1v) is 7.98. The Bertz CT molecular complexity index is 467. The molecular formula is C17H30IN3O2. The number of nitrogens with one attached hydrogen (secondary N) is 2. The van der Waals surface area contributed by atoms with E-state index in [0.29, 0.717) is 0 Å². The minimum Gasteiger partial charge on any atom is -0.497 e. The summed E-state index contributed by atoms with van der Waals surface area (Å²) in [6.07, 6.45) is 3.11. The Balaban J connectivity index is 0.00000484. The number of unbranched alkanes of at least 4 members (excludes halogenated alkanes) is 1. The van der Waals surface area contributed by atoms with Crippen LogP contribution in [0.15, 0.2) is 23.2 Å². The van der Waals surface area contributed by atoms with Crippen molar-refractivity contribution in [2.45, 2.75) is 33.1 Å². The number of guanidine groups is 1. The van der Waals surface area contributed by atoms with Crippen LogP contribution >= 0.6 is 24.0 Å². The molecule has 0 bridgehead atoms. The smallest absolute Gasteiger partial charge is 0.191 e. The van der Waals surface area contributed by atoms with Crippen molar-refractivity contribution >= 4 is 29.9 Å². The molecule has 0 saturated carbocycles. The van der Waals surface area contributed by atoms with E-state index in [0.717, 1.165) is 61.9 Å². The Hall–Kier alpha value is -1.18. The molecule has 0 heterocycles. The average Bonchev–Trinajstić information content (AvgIpc) is 2.55. The molecule has 0 aliphatic heterocycles. The van der Waals surface area contributed by atoms with E-state index in [4.69, 9.17) is 9.47 Å². The van der Waals surface area contributed by atoms with E-state index < -0.39 is 0 Å². The molecular weight excluding hydrogens is 405 g/mol. The first-order chi connectivity index (χ1) is 10.7. The molecule has 0 fully saturated rings. The molecule has 5 nitrogen and oxygen atoms in total. The van der Waals surface area contributed by atoms with Gasteiger partial charge in [-0.1, -0.05) is 13.3 Å². The van der Waals surface area contributed by atoms with Gasteiger partial charge in [0.2, 0.25) is 0 Å². The molecule has 1 aromatic rings. The third-order valence-corrected chi connectivity index (χ3v) is 3.30. The van der Waals surface area contributed by atoms with Crippen LogP contribution in [0.2, 0.25) is 0 Å². The molecule has 0 amide bonds. The Labute approximate surface area is 157 Å². The lowest BCUT2D eigenvalue weighted by molar-refractivity contribution is 0.398. The monoisotopic (exact) mass is 435 g/mol. The summed E-state index contributed by atoms with van der Waals surface area (Å²) in [5.74, 6) is 2.60. The molecule has 6 heteroatoms. The highest BCUT2D eigenvalue weighted by Crippen LogP contribution is 2.24. The van der Waals surface area contributed by atoms with Crippen molar-refractivity contribution in [2.75, 3.05) is 33.9 Å². The second-order valence-corrected chi connectivity index (χ2v) is 4.97. The van der Waals surface area contributed by atoms with E-state index in [-0.39, 0.29) is 24.0 Å². The van der Waals surface area contributed by atoms with Gasteiger partial charge in [-0.05, 0) is 43.5 Å². The largest absolute Gasteiger partial charge is 0.497 e. The topological polar surface area (TPSA) is 54.9 Å². The van der Waals surface area contributed by atoms with Crippen molar-refractivity contribution in [2.24, 2.45) is 4.99 Å². The zero-order chi connectivity index (χ0) is 16.2. The van der Waals surface area contributed by atoms with Gasteiger partial charge >= 0.3 is 0 Å². The number of ether oxygens (including phenoxy) is 2. The van der Waals surface area contributed by atoms with Crippen LogP contribution in [0, 0.1) is 0 Å². The van der Waals surface area contributed by atoms with Crippen LogP contribution in [0.5, 0.6) is 11.5 Å². The van der Waals surface area contributed by atoms with Gasteiger partial charge in [0, 0.05) is 19.6 Å². The van der Waals surface area contributed by atoms with Gasteiger partial charge in [0.1, 0.15) is 11.5 Å². The van der Waals surface area contributed by atoms with Crippen molar-refractivity contribution < 1.29 is 9.47 Å². The fourth-order valence-corrected chi connectivity index (χ4v) is 2.08. The normalized spacial score (nSPS) is 10.7. The summed E-state index contributed by atoms with van der Waals surface area (Å²) >= 11 is 0. The van der Waals surface area contributed by atoms with Crippen molar-refractivity contribution in [3.8, 4) is 11.5 Å². The summed E-state index contributed by atoms with van der Waals surface area (Å²) in [7, 11) is 3.36. The lowest BCUT2D eigenvalue weighted by Gasteiger charge is -2.13. The summed E-state index contributed by atoms with van der Waals surface area (Å²) in [6.45, 7) is 6.75. The Morgan fingerprint density at radius 3 is 2.52 bits per heavy atom. The third kappa shape index (κ3) is 8.29. The maximum absolute atomic E-state index is 5.40. The number of hydrogen-bond donors (Lipinski definition) is 2. The first-order valence-electron chi connectivity index (χ1n) is 7.98. The summed E-state index contributed by atoms with van der Waals surface area (Å²) in [5, 5.41) is 6.62. The number of halogens is 1. The average molecular weight is 435 g/mol. The van der Waals surface area contributed by atoms with E-state index in [1.165, 1.54) is 0 Å². The molecule has 0 aromatic heterocycles. The number of nitrogens with zero attached hydrogens (tertiary/aromatic N) is 1. The molecule has 0 atom stereocenters. The standard InChI is InChI=1S/C17H29N3O2.HI/c1-5-7-11-19-17(18-6-2)20-12-10-14-13-15(21-3)8-9-16(14)22-4;/h8-9,13H,5-7,10-12H2,1-4H3,(H2,18,19,20);1H. The fourth-order valence-electron chi connectivity index (χ4n) is 2.08. The number of aliphatic imine (C=N–C) groups is 1. The Morgan fingerprint density at radius 1 is 1.13 bits per heavy atom. The summed E-state index contributed by atoms with van der Waals surface area (Å²) in [6, 6.07) is 5.86. The first kappa shape index (κ1) is 21.8. The van der Waals surface area contributed by atoms with Gasteiger partial charge in [-0.3, -0.25) is 4.99 Å². The molecule has 1 rings (SSSR count). The van der Waals surface area contributed by atoms with Crippen LogP contribution in [0.25, 0.3) is 0 Å². The van der Waals surface area contributed by atoms with Crippen LogP contribution in [0.4, 0.5) is 0 Å². The van der Waals surface area contributed by atoms with Gasteiger partial charge in [0.15, 0.2) is 5.96 Å². The summed E-state index contributed by atoms with van der Waals surface area (Å²) < 4.78 is 10.7. The summed E-state index contributed by atoms with van der Waals surface area (Å²) in [4.78, 5) is 4.55. The van der Waals surface area contributed by atoms with Gasteiger partial charge in [-0.15, -0.1) is 24.0 Å². The minimum atomic E-state index is 0. The number of methoxy groups -OCH3 is 2. The fraction of sp³-hybridized carbons (Fsp3) is 0.588. The van der Waals surface area contributed by atoms with Crippen LogP contribution in [0.3, 0.4) is 0 Å². The number of rotatable bonds is 9. The predicted molar refractivity (Wildman–Crippen MR) is 108 cm³/mol. The molecule has 2 N–H and O–H groups in total. The molecule has 0 aliphatic rings. The maximum Gasteiger partial charge on any atom is 0.191 e. The van der Waals surface area contributed by atoms with Crippen LogP contribution < -0.4 is 20.1 Å². The second-order valence-electron chi connectivity index (χ2n) is 4.97. The zero-order valence-corrected chi connectivity index (χ0v) is 17.0. The Kier molecular flexibility index (Phi) is 12.6. The van der Waals surface area contributed by atoms with Gasteiger partial charge < -0.3 is 20.1 Å². The van der Waals surface area contributed by atoms with E-state index in [9.17, 15) is 0 Å². The lowest BCUT2D eigenvalue weighted by atomic mass is 10.1. The molecule has 0 spiro atoms. The maximum atomic E-state index is 5.40.